The molecule has 2 aromatic rings. The van der Waals surface area contributed by atoms with Crippen LogP contribution in [0.4, 0.5) is 0 Å². The van der Waals surface area contributed by atoms with Gasteiger partial charge in [0, 0.05) is 17.6 Å². The average Bonchev–Trinajstić information content (AvgIpc) is 2.91. The molecule has 5 heteroatoms. The summed E-state index contributed by atoms with van der Waals surface area (Å²) in [5.41, 5.74) is 2.22. The molecule has 0 fully saturated rings. The molecular weight excluding hydrogens is 284 g/mol. The summed E-state index contributed by atoms with van der Waals surface area (Å²) in [4.78, 5) is 4.40. The van der Waals surface area contributed by atoms with E-state index in [9.17, 15) is 0 Å². The van der Waals surface area contributed by atoms with E-state index in [0.717, 1.165) is 41.7 Å². The molecule has 0 amide bonds. The molecular formula is C16H22N2O2S. The Morgan fingerprint density at radius 1 is 1.29 bits per heavy atom. The number of rotatable bonds is 8. The van der Waals surface area contributed by atoms with Gasteiger partial charge < -0.3 is 14.8 Å². The lowest BCUT2D eigenvalue weighted by Gasteiger charge is -2.12. The number of thiazole rings is 1. The van der Waals surface area contributed by atoms with E-state index < -0.39 is 0 Å². The Morgan fingerprint density at radius 2 is 2.14 bits per heavy atom. The molecule has 1 N–H and O–H groups in total. The van der Waals surface area contributed by atoms with Gasteiger partial charge in [0.25, 0.3) is 0 Å². The molecule has 1 aromatic carbocycles. The van der Waals surface area contributed by atoms with Crippen molar-refractivity contribution in [3.63, 3.8) is 0 Å². The molecule has 2 rings (SSSR count). The molecule has 0 bridgehead atoms. The Kier molecular flexibility index (Phi) is 6.02. The van der Waals surface area contributed by atoms with Crippen LogP contribution in [0.25, 0.3) is 0 Å². The molecule has 4 nitrogen and oxygen atoms in total. The fourth-order valence-corrected chi connectivity index (χ4v) is 2.64. The van der Waals surface area contributed by atoms with E-state index in [2.05, 4.69) is 23.3 Å². The summed E-state index contributed by atoms with van der Waals surface area (Å²) < 4.78 is 11.2. The van der Waals surface area contributed by atoms with E-state index in [-0.39, 0.29) is 0 Å². The average molecular weight is 306 g/mol. The highest BCUT2D eigenvalue weighted by atomic mass is 32.1. The third-order valence-electron chi connectivity index (χ3n) is 3.00. The third-order valence-corrected chi connectivity index (χ3v) is 3.94. The number of hydrogen-bond donors (Lipinski definition) is 1. The van der Waals surface area contributed by atoms with Crippen LogP contribution in [0.15, 0.2) is 23.6 Å². The number of methoxy groups -OCH3 is 1. The van der Waals surface area contributed by atoms with Gasteiger partial charge in [0.05, 0.1) is 7.11 Å². The minimum absolute atomic E-state index is 0.473. The topological polar surface area (TPSA) is 43.4 Å². The molecule has 114 valence electrons. The van der Waals surface area contributed by atoms with E-state index in [4.69, 9.17) is 9.47 Å². The molecule has 1 aromatic heterocycles. The highest BCUT2D eigenvalue weighted by Gasteiger charge is 2.07. The normalized spacial score (nSPS) is 10.6. The van der Waals surface area contributed by atoms with Gasteiger partial charge in [0.15, 0.2) is 11.5 Å². The van der Waals surface area contributed by atoms with Crippen molar-refractivity contribution in [2.24, 2.45) is 0 Å². The van der Waals surface area contributed by atoms with Crippen LogP contribution < -0.4 is 14.8 Å². The Morgan fingerprint density at radius 3 is 2.81 bits per heavy atom. The minimum Gasteiger partial charge on any atom is -0.493 e. The Hall–Kier alpha value is -1.59. The lowest BCUT2D eigenvalue weighted by Crippen LogP contribution is -2.13. The number of ether oxygens (including phenoxy) is 2. The van der Waals surface area contributed by atoms with Crippen LogP contribution in [-0.2, 0) is 13.2 Å². The summed E-state index contributed by atoms with van der Waals surface area (Å²) in [7, 11) is 1.66. The summed E-state index contributed by atoms with van der Waals surface area (Å²) in [6.45, 7) is 6.47. The minimum atomic E-state index is 0.473. The maximum atomic E-state index is 5.87. The van der Waals surface area contributed by atoms with Crippen molar-refractivity contribution in [1.29, 1.82) is 0 Å². The zero-order valence-corrected chi connectivity index (χ0v) is 13.6. The zero-order valence-electron chi connectivity index (χ0n) is 12.8. The first-order valence-corrected chi connectivity index (χ1v) is 8.02. The molecule has 0 atom stereocenters. The smallest absolute Gasteiger partial charge is 0.162 e. The summed E-state index contributed by atoms with van der Waals surface area (Å²) >= 11 is 1.61. The predicted molar refractivity (Wildman–Crippen MR) is 86.2 cm³/mol. The predicted octanol–water partition coefficient (Wildman–Crippen LogP) is 3.54. The van der Waals surface area contributed by atoms with Gasteiger partial charge in [0.2, 0.25) is 0 Å². The Bertz CT molecular complexity index is 569. The van der Waals surface area contributed by atoms with Crippen LogP contribution in [-0.4, -0.2) is 18.6 Å². The van der Waals surface area contributed by atoms with Crippen molar-refractivity contribution in [3.8, 4) is 11.5 Å². The lowest BCUT2D eigenvalue weighted by atomic mass is 10.2. The van der Waals surface area contributed by atoms with E-state index in [1.807, 2.05) is 24.4 Å². The summed E-state index contributed by atoms with van der Waals surface area (Å²) in [5, 5.41) is 6.39. The van der Waals surface area contributed by atoms with Gasteiger partial charge in [-0.05, 0) is 37.6 Å². The maximum Gasteiger partial charge on any atom is 0.162 e. The molecule has 1 heterocycles. The van der Waals surface area contributed by atoms with Crippen LogP contribution in [0.2, 0.25) is 0 Å². The monoisotopic (exact) mass is 306 g/mol. The summed E-state index contributed by atoms with van der Waals surface area (Å²) in [6, 6.07) is 6.04. The van der Waals surface area contributed by atoms with Crippen LogP contribution in [0.3, 0.4) is 0 Å². The van der Waals surface area contributed by atoms with Crippen LogP contribution in [0.1, 0.15) is 29.6 Å². The largest absolute Gasteiger partial charge is 0.493 e. The Balaban J connectivity index is 2.02. The number of aryl methyl sites for hydroxylation is 1. The molecule has 0 aliphatic carbocycles. The second kappa shape index (κ2) is 8.00. The van der Waals surface area contributed by atoms with Crippen molar-refractivity contribution >= 4 is 11.3 Å². The van der Waals surface area contributed by atoms with Crippen molar-refractivity contribution in [3.05, 3.63) is 39.8 Å². The number of aromatic nitrogens is 1. The highest BCUT2D eigenvalue weighted by molar-refractivity contribution is 7.09. The molecule has 0 aliphatic heterocycles. The fraction of sp³-hybridized carbons (Fsp3) is 0.438. The lowest BCUT2D eigenvalue weighted by molar-refractivity contribution is 0.283. The van der Waals surface area contributed by atoms with E-state index >= 15 is 0 Å². The van der Waals surface area contributed by atoms with Crippen molar-refractivity contribution in [1.82, 2.24) is 10.3 Å². The van der Waals surface area contributed by atoms with E-state index in [1.165, 1.54) is 5.56 Å². The highest BCUT2D eigenvalue weighted by Crippen LogP contribution is 2.29. The molecule has 0 spiro atoms. The van der Waals surface area contributed by atoms with Crippen molar-refractivity contribution < 1.29 is 9.47 Å². The fourth-order valence-electron chi connectivity index (χ4n) is 1.96. The van der Waals surface area contributed by atoms with Crippen molar-refractivity contribution in [2.45, 2.75) is 33.4 Å². The molecule has 0 saturated carbocycles. The second-order valence-electron chi connectivity index (χ2n) is 4.83. The Labute approximate surface area is 130 Å². The number of nitrogens with one attached hydrogen (secondary N) is 1. The number of benzene rings is 1. The van der Waals surface area contributed by atoms with Gasteiger partial charge in [-0.25, -0.2) is 4.98 Å². The van der Waals surface area contributed by atoms with Gasteiger partial charge in [0.1, 0.15) is 11.6 Å². The molecule has 0 aliphatic rings. The standard InChI is InChI=1S/C16H22N2O2S/c1-4-7-17-9-13-5-6-14(19-3)15(8-13)20-10-16-18-12(2)11-21-16/h5-6,8,11,17H,4,7,9-10H2,1-3H3. The zero-order chi connectivity index (χ0) is 15.1. The van der Waals surface area contributed by atoms with Gasteiger partial charge in [-0.15, -0.1) is 11.3 Å². The third kappa shape index (κ3) is 4.72. The first-order valence-electron chi connectivity index (χ1n) is 7.14. The first kappa shape index (κ1) is 15.8. The van der Waals surface area contributed by atoms with E-state index in [0.29, 0.717) is 6.61 Å². The summed E-state index contributed by atoms with van der Waals surface area (Å²) in [6.07, 6.45) is 1.13. The number of nitrogens with zero attached hydrogens (tertiary/aromatic N) is 1. The van der Waals surface area contributed by atoms with Crippen molar-refractivity contribution in [2.75, 3.05) is 13.7 Å². The summed E-state index contributed by atoms with van der Waals surface area (Å²) in [5.74, 6) is 1.52. The van der Waals surface area contributed by atoms with Crippen LogP contribution in [0, 0.1) is 6.92 Å². The molecule has 0 saturated heterocycles. The molecule has 0 radical (unpaired) electrons. The quantitative estimate of drug-likeness (QED) is 0.758. The van der Waals surface area contributed by atoms with Crippen LogP contribution in [0.5, 0.6) is 11.5 Å². The first-order chi connectivity index (χ1) is 10.2. The second-order valence-corrected chi connectivity index (χ2v) is 5.78. The van der Waals surface area contributed by atoms with Gasteiger partial charge in [-0.3, -0.25) is 0 Å². The SMILES string of the molecule is CCCNCc1ccc(OC)c(OCc2nc(C)cs2)c1. The maximum absolute atomic E-state index is 5.87. The molecule has 0 unspecified atom stereocenters. The van der Waals surface area contributed by atoms with Gasteiger partial charge in [-0.1, -0.05) is 13.0 Å². The van der Waals surface area contributed by atoms with Crippen LogP contribution >= 0.6 is 11.3 Å². The van der Waals surface area contributed by atoms with Gasteiger partial charge >= 0.3 is 0 Å². The molecule has 21 heavy (non-hydrogen) atoms. The van der Waals surface area contributed by atoms with E-state index in [1.54, 1.807) is 18.4 Å². The van der Waals surface area contributed by atoms with Gasteiger partial charge in [-0.2, -0.15) is 0 Å². The number of hydrogen-bond acceptors (Lipinski definition) is 5.